The van der Waals surface area contributed by atoms with Crippen molar-refractivity contribution >= 4 is 39.1 Å². The van der Waals surface area contributed by atoms with E-state index in [1.54, 1.807) is 69.3 Å². The average Bonchev–Trinajstić information content (AvgIpc) is 3.29. The van der Waals surface area contributed by atoms with Gasteiger partial charge in [-0.3, -0.25) is 23.2 Å². The van der Waals surface area contributed by atoms with Gasteiger partial charge in [0, 0.05) is 11.6 Å². The number of para-hydroxylation sites is 1. The van der Waals surface area contributed by atoms with Gasteiger partial charge < -0.3 is 4.74 Å². The van der Waals surface area contributed by atoms with E-state index in [2.05, 4.69) is 4.72 Å². The van der Waals surface area contributed by atoms with Crippen LogP contribution in [0, 0.1) is 0 Å². The monoisotopic (exact) mass is 497 g/mol. The largest absolute Gasteiger partial charge is 0.443 e. The molecule has 0 saturated carbocycles. The Kier molecular flexibility index (Phi) is 5.31. The highest BCUT2D eigenvalue weighted by Crippen LogP contribution is 2.36. The maximum absolute atomic E-state index is 13.2. The number of ether oxygens (including phenoxy) is 1. The Morgan fingerprint density at radius 3 is 2.26 bits per heavy atom. The van der Waals surface area contributed by atoms with Gasteiger partial charge in [-0.1, -0.05) is 30.3 Å². The minimum atomic E-state index is -4.18. The summed E-state index contributed by atoms with van der Waals surface area (Å²) in [6.07, 6.45) is 0.828. The van der Waals surface area contributed by atoms with Crippen molar-refractivity contribution in [2.24, 2.45) is 0 Å². The van der Waals surface area contributed by atoms with Gasteiger partial charge in [0.15, 0.2) is 0 Å². The van der Waals surface area contributed by atoms with Crippen LogP contribution in [0.1, 0.15) is 53.1 Å². The molecule has 1 aromatic heterocycles. The third-order valence-corrected chi connectivity index (χ3v) is 6.86. The molecule has 0 spiro atoms. The average molecular weight is 498 g/mol. The SMILES string of the molecule is CC(C)(C)OC(=O)n1cc([C@@H]2NS(=O)(=O)OC[C@H]2N2C(=O)c3ccccc3C2=O)c2ccccc21. The predicted molar refractivity (Wildman–Crippen MR) is 125 cm³/mol. The number of nitrogens with one attached hydrogen (secondary N) is 1. The summed E-state index contributed by atoms with van der Waals surface area (Å²) in [4.78, 5) is 40.3. The Labute approximate surface area is 201 Å². The van der Waals surface area contributed by atoms with Crippen molar-refractivity contribution in [1.82, 2.24) is 14.2 Å². The molecule has 11 heteroatoms. The molecule has 3 aromatic rings. The second kappa shape index (κ2) is 8.01. The van der Waals surface area contributed by atoms with Gasteiger partial charge in [0.25, 0.3) is 11.8 Å². The fourth-order valence-corrected chi connectivity index (χ4v) is 5.42. The highest BCUT2D eigenvalue weighted by Gasteiger charge is 2.47. The molecule has 182 valence electrons. The lowest BCUT2D eigenvalue weighted by Crippen LogP contribution is -2.55. The summed E-state index contributed by atoms with van der Waals surface area (Å²) in [5, 5.41) is 0.564. The van der Waals surface area contributed by atoms with E-state index in [1.165, 1.54) is 10.8 Å². The molecule has 35 heavy (non-hydrogen) atoms. The number of carbonyl (C=O) groups is 3. The van der Waals surface area contributed by atoms with E-state index in [4.69, 9.17) is 8.92 Å². The van der Waals surface area contributed by atoms with Crippen LogP contribution >= 0.6 is 0 Å². The molecule has 3 heterocycles. The first-order chi connectivity index (χ1) is 16.5. The number of fused-ring (bicyclic) bond motifs is 2. The maximum Gasteiger partial charge on any atom is 0.419 e. The zero-order valence-corrected chi connectivity index (χ0v) is 20.0. The van der Waals surface area contributed by atoms with Gasteiger partial charge in [0.2, 0.25) is 0 Å². The third-order valence-electron chi connectivity index (χ3n) is 5.88. The van der Waals surface area contributed by atoms with Gasteiger partial charge in [-0.05, 0) is 44.5 Å². The van der Waals surface area contributed by atoms with Gasteiger partial charge in [-0.25, -0.2) is 4.79 Å². The molecule has 0 aliphatic carbocycles. The first kappa shape index (κ1) is 23.2. The summed E-state index contributed by atoms with van der Waals surface area (Å²) < 4.78 is 39.1. The highest BCUT2D eigenvalue weighted by atomic mass is 32.2. The lowest BCUT2D eigenvalue weighted by atomic mass is 9.98. The molecule has 0 bridgehead atoms. The first-order valence-corrected chi connectivity index (χ1v) is 12.3. The number of hydrogen-bond acceptors (Lipinski definition) is 7. The minimum absolute atomic E-state index is 0.237. The summed E-state index contributed by atoms with van der Waals surface area (Å²) in [7, 11) is -4.18. The Morgan fingerprint density at radius 1 is 1.03 bits per heavy atom. The molecule has 2 amide bonds. The van der Waals surface area contributed by atoms with Crippen molar-refractivity contribution in [3.63, 3.8) is 0 Å². The van der Waals surface area contributed by atoms with Gasteiger partial charge in [0.05, 0.1) is 35.3 Å². The van der Waals surface area contributed by atoms with Gasteiger partial charge in [0.1, 0.15) is 5.60 Å². The van der Waals surface area contributed by atoms with E-state index in [1.807, 2.05) is 0 Å². The Bertz CT molecular complexity index is 1450. The molecular formula is C24H23N3O7S. The number of rotatable bonds is 2. The van der Waals surface area contributed by atoms with Crippen molar-refractivity contribution in [2.75, 3.05) is 6.61 Å². The maximum atomic E-state index is 13.2. The smallest absolute Gasteiger partial charge is 0.419 e. The zero-order chi connectivity index (χ0) is 25.1. The molecule has 0 unspecified atom stereocenters. The fraction of sp³-hybridized carbons (Fsp3) is 0.292. The van der Waals surface area contributed by atoms with E-state index in [0.29, 0.717) is 16.5 Å². The number of aromatic nitrogens is 1. The molecule has 5 rings (SSSR count). The summed E-state index contributed by atoms with van der Waals surface area (Å²) in [5.41, 5.74) is 0.608. The van der Waals surface area contributed by atoms with E-state index in [9.17, 15) is 22.8 Å². The zero-order valence-electron chi connectivity index (χ0n) is 19.2. The predicted octanol–water partition coefficient (Wildman–Crippen LogP) is 3.00. The Balaban J connectivity index is 1.63. The van der Waals surface area contributed by atoms with Crippen LogP contribution in [-0.4, -0.2) is 54.0 Å². The second-order valence-electron chi connectivity index (χ2n) is 9.38. The summed E-state index contributed by atoms with van der Waals surface area (Å²) in [6, 6.07) is 11.3. The van der Waals surface area contributed by atoms with E-state index in [0.717, 1.165) is 4.90 Å². The van der Waals surface area contributed by atoms with Crippen LogP contribution < -0.4 is 4.72 Å². The van der Waals surface area contributed by atoms with Crippen LogP contribution in [0.25, 0.3) is 10.9 Å². The van der Waals surface area contributed by atoms with E-state index in [-0.39, 0.29) is 11.1 Å². The van der Waals surface area contributed by atoms with Crippen molar-refractivity contribution < 1.29 is 31.7 Å². The number of amides is 2. The van der Waals surface area contributed by atoms with Crippen LogP contribution in [0.4, 0.5) is 4.79 Å². The highest BCUT2D eigenvalue weighted by molar-refractivity contribution is 7.84. The van der Waals surface area contributed by atoms with Crippen LogP contribution in [0.2, 0.25) is 0 Å². The lowest BCUT2D eigenvalue weighted by Gasteiger charge is -2.36. The van der Waals surface area contributed by atoms with Gasteiger partial charge in [-0.2, -0.15) is 13.1 Å². The summed E-state index contributed by atoms with van der Waals surface area (Å²) in [5.74, 6) is -1.08. The summed E-state index contributed by atoms with van der Waals surface area (Å²) >= 11 is 0. The summed E-state index contributed by atoms with van der Waals surface area (Å²) in [6.45, 7) is 4.78. The molecule has 1 saturated heterocycles. The molecule has 1 N–H and O–H groups in total. The van der Waals surface area contributed by atoms with E-state index >= 15 is 0 Å². The van der Waals surface area contributed by atoms with Crippen LogP contribution in [0.3, 0.4) is 0 Å². The van der Waals surface area contributed by atoms with Crippen molar-refractivity contribution in [3.8, 4) is 0 Å². The molecule has 2 atom stereocenters. The van der Waals surface area contributed by atoms with Crippen LogP contribution in [0.5, 0.6) is 0 Å². The van der Waals surface area contributed by atoms with Crippen LogP contribution in [0.15, 0.2) is 54.7 Å². The van der Waals surface area contributed by atoms with Gasteiger partial charge in [-0.15, -0.1) is 0 Å². The molecule has 10 nitrogen and oxygen atoms in total. The molecule has 0 radical (unpaired) electrons. The molecule has 2 aliphatic rings. The second-order valence-corrected chi connectivity index (χ2v) is 10.8. The van der Waals surface area contributed by atoms with Gasteiger partial charge >= 0.3 is 16.4 Å². The Morgan fingerprint density at radius 2 is 1.63 bits per heavy atom. The number of benzene rings is 2. The van der Waals surface area contributed by atoms with Crippen molar-refractivity contribution in [1.29, 1.82) is 0 Å². The number of carbonyl (C=O) groups excluding carboxylic acids is 3. The van der Waals surface area contributed by atoms with Crippen molar-refractivity contribution in [2.45, 2.75) is 38.5 Å². The molecule has 1 fully saturated rings. The van der Waals surface area contributed by atoms with Crippen LogP contribution in [-0.2, 0) is 19.2 Å². The fourth-order valence-electron chi connectivity index (χ4n) is 4.44. The lowest BCUT2D eigenvalue weighted by molar-refractivity contribution is 0.0454. The molecule has 2 aromatic carbocycles. The Hall–Kier alpha value is -3.54. The number of hydrogen-bond donors (Lipinski definition) is 1. The number of nitrogens with zero attached hydrogens (tertiary/aromatic N) is 2. The normalized spacial score (nSPS) is 21.9. The molecule has 2 aliphatic heterocycles. The minimum Gasteiger partial charge on any atom is -0.443 e. The topological polar surface area (TPSA) is 124 Å². The molecular weight excluding hydrogens is 474 g/mol. The van der Waals surface area contributed by atoms with Crippen molar-refractivity contribution in [3.05, 3.63) is 71.4 Å². The first-order valence-electron chi connectivity index (χ1n) is 10.9. The quantitative estimate of drug-likeness (QED) is 0.540. The number of imide groups is 1. The standard InChI is InChI=1S/C24H23N3O7S/c1-24(2,3)34-23(30)26-12-17(14-8-6-7-11-18(14)26)20-19(13-33-35(31,32)25-20)27-21(28)15-9-4-5-10-16(15)22(27)29/h4-12,19-20,25H,13H2,1-3H3/t19-,20+/m1/s1. The third kappa shape index (κ3) is 4.01. The van der Waals surface area contributed by atoms with E-state index < -0.39 is 52.5 Å².